The van der Waals surface area contributed by atoms with Crippen LogP contribution < -0.4 is 4.74 Å². The average molecular weight is 593 g/mol. The standard InChI is InChI=1S/C31H26Cl2N2O6/c1-18-7-13-23-24(15-18)30(39)35(29(23)38)34(28(37)21-10-14-25(32)26(33)16-21)17-27(36)19-8-11-22(12-9-19)41-31(40)20-5-3-2-4-6-20/h2-6,8-12,14,16,18,23-24H,7,13,15,17H2,1H3/t18-,23+,24+/m1/s1. The van der Waals surface area contributed by atoms with E-state index in [2.05, 4.69) is 0 Å². The lowest BCUT2D eigenvalue weighted by atomic mass is 9.76. The first-order valence-corrected chi connectivity index (χ1v) is 13.9. The number of fused-ring (bicyclic) bond motifs is 1. The molecule has 0 spiro atoms. The maximum atomic E-state index is 13.7. The molecule has 3 atom stereocenters. The minimum absolute atomic E-state index is 0.0687. The number of halogens is 2. The van der Waals surface area contributed by atoms with Crippen molar-refractivity contribution in [1.29, 1.82) is 0 Å². The van der Waals surface area contributed by atoms with E-state index in [4.69, 9.17) is 27.9 Å². The maximum absolute atomic E-state index is 13.7. The Balaban J connectivity index is 1.39. The number of esters is 1. The first-order chi connectivity index (χ1) is 19.6. The third-order valence-corrected chi connectivity index (χ3v) is 8.24. The van der Waals surface area contributed by atoms with E-state index in [9.17, 15) is 24.0 Å². The Morgan fingerprint density at radius 3 is 2.17 bits per heavy atom. The van der Waals surface area contributed by atoms with Gasteiger partial charge in [0.25, 0.3) is 17.7 Å². The zero-order valence-electron chi connectivity index (χ0n) is 22.1. The molecule has 5 rings (SSSR count). The second-order valence-electron chi connectivity index (χ2n) is 10.3. The second-order valence-corrected chi connectivity index (χ2v) is 11.1. The summed E-state index contributed by atoms with van der Waals surface area (Å²) in [4.78, 5) is 66.4. The number of ketones is 1. The summed E-state index contributed by atoms with van der Waals surface area (Å²) in [7, 11) is 0. The number of carbonyl (C=O) groups excluding carboxylic acids is 5. The van der Waals surface area contributed by atoms with Crippen LogP contribution in [-0.4, -0.2) is 46.0 Å². The number of Topliss-reactive ketones (excluding diaryl/α,β-unsaturated/α-hetero) is 1. The van der Waals surface area contributed by atoms with Crippen LogP contribution in [0.2, 0.25) is 10.0 Å². The summed E-state index contributed by atoms with van der Waals surface area (Å²) in [6.45, 7) is 1.45. The van der Waals surface area contributed by atoms with E-state index < -0.39 is 47.9 Å². The summed E-state index contributed by atoms with van der Waals surface area (Å²) in [5.41, 5.74) is 0.639. The minimum Gasteiger partial charge on any atom is -0.423 e. The topological polar surface area (TPSA) is 101 Å². The molecule has 2 aliphatic rings. The van der Waals surface area contributed by atoms with Gasteiger partial charge < -0.3 is 4.74 Å². The summed E-state index contributed by atoms with van der Waals surface area (Å²) in [6, 6.07) is 18.5. The number of nitrogens with zero attached hydrogens (tertiary/aromatic N) is 2. The molecule has 0 N–H and O–H groups in total. The number of rotatable bonds is 7. The smallest absolute Gasteiger partial charge is 0.343 e. The zero-order valence-corrected chi connectivity index (χ0v) is 23.6. The molecular formula is C31H26Cl2N2O6. The lowest BCUT2D eigenvalue weighted by Crippen LogP contribution is -2.52. The molecule has 1 aliphatic carbocycles. The predicted octanol–water partition coefficient (Wildman–Crippen LogP) is 5.87. The van der Waals surface area contributed by atoms with Gasteiger partial charge in [0.15, 0.2) is 5.78 Å². The van der Waals surface area contributed by atoms with Crippen LogP contribution in [0.15, 0.2) is 72.8 Å². The molecule has 1 saturated carbocycles. The van der Waals surface area contributed by atoms with Gasteiger partial charge in [0, 0.05) is 11.1 Å². The van der Waals surface area contributed by atoms with Crippen molar-refractivity contribution in [2.75, 3.05) is 6.54 Å². The molecule has 0 aromatic heterocycles. The number of hydrazine groups is 1. The molecule has 41 heavy (non-hydrogen) atoms. The summed E-state index contributed by atoms with van der Waals surface area (Å²) in [5.74, 6) is -3.37. The van der Waals surface area contributed by atoms with Gasteiger partial charge in [-0.25, -0.2) is 9.80 Å². The Morgan fingerprint density at radius 1 is 0.829 bits per heavy atom. The third-order valence-electron chi connectivity index (χ3n) is 7.50. The highest BCUT2D eigenvalue weighted by atomic mass is 35.5. The fourth-order valence-corrected chi connectivity index (χ4v) is 5.60. The van der Waals surface area contributed by atoms with Crippen molar-refractivity contribution < 1.29 is 28.7 Å². The van der Waals surface area contributed by atoms with E-state index in [1.165, 1.54) is 42.5 Å². The molecule has 1 aliphatic heterocycles. The lowest BCUT2D eigenvalue weighted by Gasteiger charge is -2.30. The Bertz CT molecular complexity index is 1530. The van der Waals surface area contributed by atoms with Crippen molar-refractivity contribution in [3.63, 3.8) is 0 Å². The highest BCUT2D eigenvalue weighted by Gasteiger charge is 2.52. The summed E-state index contributed by atoms with van der Waals surface area (Å²) in [6.07, 6.45) is 1.88. The van der Waals surface area contributed by atoms with Gasteiger partial charge in [-0.3, -0.25) is 19.2 Å². The lowest BCUT2D eigenvalue weighted by molar-refractivity contribution is -0.154. The quantitative estimate of drug-likeness (QED) is 0.147. The summed E-state index contributed by atoms with van der Waals surface area (Å²) in [5, 5.41) is 2.09. The summed E-state index contributed by atoms with van der Waals surface area (Å²) >= 11 is 12.2. The average Bonchev–Trinajstić information content (AvgIpc) is 3.22. The first kappa shape index (κ1) is 28.5. The molecule has 1 heterocycles. The van der Waals surface area contributed by atoms with Gasteiger partial charge >= 0.3 is 5.97 Å². The number of hydrogen-bond acceptors (Lipinski definition) is 6. The van der Waals surface area contributed by atoms with Crippen LogP contribution in [0.1, 0.15) is 57.3 Å². The van der Waals surface area contributed by atoms with Crippen LogP contribution >= 0.6 is 23.2 Å². The Hall–Kier alpha value is -4.01. The van der Waals surface area contributed by atoms with Crippen LogP contribution in [0.3, 0.4) is 0 Å². The van der Waals surface area contributed by atoms with Crippen LogP contribution in [0.5, 0.6) is 5.75 Å². The molecule has 10 heteroatoms. The number of hydrogen-bond donors (Lipinski definition) is 0. The predicted molar refractivity (Wildman–Crippen MR) is 152 cm³/mol. The molecule has 3 aromatic rings. The SMILES string of the molecule is C[C@@H]1CC[C@@H]2C(=O)N(N(CC(=O)c3ccc(OC(=O)c4ccccc4)cc3)C(=O)c3ccc(Cl)c(Cl)c3)C(=O)[C@H]2C1. The summed E-state index contributed by atoms with van der Waals surface area (Å²) < 4.78 is 5.37. The fourth-order valence-electron chi connectivity index (χ4n) is 5.30. The van der Waals surface area contributed by atoms with Gasteiger partial charge in [-0.2, -0.15) is 5.01 Å². The number of amides is 3. The molecule has 3 amide bonds. The molecule has 0 radical (unpaired) electrons. The maximum Gasteiger partial charge on any atom is 0.343 e. The normalized spacial score (nSPS) is 20.0. The molecule has 3 aromatic carbocycles. The van der Waals surface area contributed by atoms with E-state index in [1.807, 2.05) is 6.92 Å². The van der Waals surface area contributed by atoms with Crippen molar-refractivity contribution in [3.8, 4) is 5.75 Å². The van der Waals surface area contributed by atoms with E-state index in [0.29, 0.717) is 18.4 Å². The highest BCUT2D eigenvalue weighted by Crippen LogP contribution is 2.41. The van der Waals surface area contributed by atoms with Crippen LogP contribution in [-0.2, 0) is 9.59 Å². The van der Waals surface area contributed by atoms with Gasteiger partial charge in [0.2, 0.25) is 0 Å². The second kappa shape index (κ2) is 11.8. The molecular weight excluding hydrogens is 567 g/mol. The van der Waals surface area contributed by atoms with Crippen LogP contribution in [0.25, 0.3) is 0 Å². The van der Waals surface area contributed by atoms with E-state index in [1.54, 1.807) is 30.3 Å². The van der Waals surface area contributed by atoms with Gasteiger partial charge in [-0.1, -0.05) is 48.3 Å². The van der Waals surface area contributed by atoms with Gasteiger partial charge in [0.1, 0.15) is 12.3 Å². The van der Waals surface area contributed by atoms with Crippen molar-refractivity contribution in [2.24, 2.45) is 17.8 Å². The van der Waals surface area contributed by atoms with Gasteiger partial charge in [-0.15, -0.1) is 0 Å². The largest absolute Gasteiger partial charge is 0.423 e. The number of ether oxygens (including phenoxy) is 1. The first-order valence-electron chi connectivity index (χ1n) is 13.2. The Morgan fingerprint density at radius 2 is 1.49 bits per heavy atom. The number of imide groups is 1. The van der Waals surface area contributed by atoms with Crippen molar-refractivity contribution >= 4 is 52.7 Å². The zero-order chi connectivity index (χ0) is 29.3. The monoisotopic (exact) mass is 592 g/mol. The molecule has 210 valence electrons. The van der Waals surface area contributed by atoms with Crippen LogP contribution in [0.4, 0.5) is 0 Å². The van der Waals surface area contributed by atoms with Crippen molar-refractivity contribution in [2.45, 2.75) is 26.2 Å². The van der Waals surface area contributed by atoms with E-state index >= 15 is 0 Å². The molecule has 0 bridgehead atoms. The molecule has 2 fully saturated rings. The number of benzene rings is 3. The van der Waals surface area contributed by atoms with Gasteiger partial charge in [0.05, 0.1) is 27.4 Å². The van der Waals surface area contributed by atoms with Crippen LogP contribution in [0, 0.1) is 17.8 Å². The number of carbonyl (C=O) groups is 5. The highest BCUT2D eigenvalue weighted by molar-refractivity contribution is 6.42. The molecule has 0 unspecified atom stereocenters. The third kappa shape index (κ3) is 5.89. The van der Waals surface area contributed by atoms with E-state index in [-0.39, 0.29) is 32.8 Å². The van der Waals surface area contributed by atoms with E-state index in [0.717, 1.165) is 16.4 Å². The Kier molecular flexibility index (Phi) is 8.24. The van der Waals surface area contributed by atoms with Crippen molar-refractivity contribution in [3.05, 3.63) is 99.5 Å². The Labute approximate surface area is 246 Å². The molecule has 1 saturated heterocycles. The minimum atomic E-state index is -0.737. The fraction of sp³-hybridized carbons (Fsp3) is 0.258. The van der Waals surface area contributed by atoms with Gasteiger partial charge in [-0.05, 0) is 79.8 Å². The van der Waals surface area contributed by atoms with Crippen molar-refractivity contribution in [1.82, 2.24) is 10.0 Å². The molecule has 8 nitrogen and oxygen atoms in total.